The molecule has 0 saturated heterocycles. The number of rotatable bonds is 5. The van der Waals surface area contributed by atoms with Gasteiger partial charge in [-0.15, -0.1) is 9.19 Å². The van der Waals surface area contributed by atoms with Crippen LogP contribution < -0.4 is 5.32 Å². The molecule has 0 amide bonds. The van der Waals surface area contributed by atoms with E-state index in [1.54, 1.807) is 36.7 Å². The van der Waals surface area contributed by atoms with E-state index in [4.69, 9.17) is 0 Å². The fraction of sp³-hybridized carbons (Fsp3) is 0.133. The van der Waals surface area contributed by atoms with Crippen LogP contribution in [0.5, 0.6) is 0 Å². The van der Waals surface area contributed by atoms with Crippen molar-refractivity contribution in [3.05, 3.63) is 60.2 Å². The third-order valence-corrected chi connectivity index (χ3v) is 4.06. The number of nitrogens with zero attached hydrogens (tertiary/aromatic N) is 4. The minimum atomic E-state index is -3.63. The Kier molecular flexibility index (Phi) is 4.26. The van der Waals surface area contributed by atoms with Gasteiger partial charge >= 0.3 is 0 Å². The highest BCUT2D eigenvalue weighted by atomic mass is 32.2. The molecule has 0 unspecified atom stereocenters. The van der Waals surface area contributed by atoms with Gasteiger partial charge in [-0.3, -0.25) is 4.98 Å². The number of benzene rings is 1. The van der Waals surface area contributed by atoms with E-state index in [-0.39, 0.29) is 24.1 Å². The first-order valence-corrected chi connectivity index (χ1v) is 8.84. The maximum absolute atomic E-state index is 12.9. The lowest BCUT2D eigenvalue weighted by Gasteiger charge is -2.06. The SMILES string of the molecule is CS(=O)(=O)n1nc(-c2cccnc2)nc1NCc1ccc(F)cc1. The Balaban J connectivity index is 1.91. The molecule has 0 aliphatic rings. The average Bonchev–Trinajstić information content (AvgIpc) is 3.00. The van der Waals surface area contributed by atoms with Crippen molar-refractivity contribution in [2.24, 2.45) is 0 Å². The molecular formula is C15H14FN5O2S. The first-order chi connectivity index (χ1) is 11.4. The van der Waals surface area contributed by atoms with Crippen LogP contribution in [-0.2, 0) is 16.6 Å². The second-order valence-electron chi connectivity index (χ2n) is 5.09. The summed E-state index contributed by atoms with van der Waals surface area (Å²) in [5.41, 5.74) is 1.38. The lowest BCUT2D eigenvalue weighted by molar-refractivity contribution is 0.587. The Morgan fingerprint density at radius 2 is 1.96 bits per heavy atom. The summed E-state index contributed by atoms with van der Waals surface area (Å²) in [5.74, 6) is -0.00674. The van der Waals surface area contributed by atoms with Crippen LogP contribution in [0.4, 0.5) is 10.3 Å². The predicted molar refractivity (Wildman–Crippen MR) is 87.2 cm³/mol. The Hall–Kier alpha value is -2.81. The molecule has 124 valence electrons. The lowest BCUT2D eigenvalue weighted by atomic mass is 10.2. The van der Waals surface area contributed by atoms with E-state index in [1.807, 2.05) is 0 Å². The molecule has 2 heterocycles. The van der Waals surface area contributed by atoms with Gasteiger partial charge in [0.2, 0.25) is 5.95 Å². The lowest BCUT2D eigenvalue weighted by Crippen LogP contribution is -2.16. The summed E-state index contributed by atoms with van der Waals surface area (Å²) >= 11 is 0. The molecule has 3 rings (SSSR count). The second kappa shape index (κ2) is 6.36. The highest BCUT2D eigenvalue weighted by Gasteiger charge is 2.18. The number of hydrogen-bond acceptors (Lipinski definition) is 6. The predicted octanol–water partition coefficient (Wildman–Crippen LogP) is 1.90. The Labute approximate surface area is 138 Å². The first-order valence-electron chi connectivity index (χ1n) is 7.00. The molecule has 7 nitrogen and oxygen atoms in total. The maximum Gasteiger partial charge on any atom is 0.254 e. The molecule has 0 aliphatic carbocycles. The highest BCUT2D eigenvalue weighted by Crippen LogP contribution is 2.18. The fourth-order valence-electron chi connectivity index (χ4n) is 2.04. The van der Waals surface area contributed by atoms with Gasteiger partial charge < -0.3 is 5.32 Å². The monoisotopic (exact) mass is 347 g/mol. The van der Waals surface area contributed by atoms with Gasteiger partial charge in [0.05, 0.1) is 6.26 Å². The van der Waals surface area contributed by atoms with Gasteiger partial charge in [-0.2, -0.15) is 4.98 Å². The molecule has 0 atom stereocenters. The Morgan fingerprint density at radius 1 is 1.21 bits per heavy atom. The van der Waals surface area contributed by atoms with Crippen molar-refractivity contribution in [3.63, 3.8) is 0 Å². The van der Waals surface area contributed by atoms with Crippen molar-refractivity contribution in [1.82, 2.24) is 19.2 Å². The smallest absolute Gasteiger partial charge is 0.254 e. The molecule has 9 heteroatoms. The average molecular weight is 347 g/mol. The summed E-state index contributed by atoms with van der Waals surface area (Å²) < 4.78 is 37.6. The summed E-state index contributed by atoms with van der Waals surface area (Å²) in [7, 11) is -3.63. The number of pyridine rings is 1. The van der Waals surface area contributed by atoms with Crippen molar-refractivity contribution < 1.29 is 12.8 Å². The van der Waals surface area contributed by atoms with Crippen molar-refractivity contribution in [2.75, 3.05) is 11.6 Å². The minimum absolute atomic E-state index is 0.0840. The van der Waals surface area contributed by atoms with E-state index in [9.17, 15) is 12.8 Å². The van der Waals surface area contributed by atoms with E-state index in [2.05, 4.69) is 20.4 Å². The second-order valence-corrected chi connectivity index (χ2v) is 6.90. The van der Waals surface area contributed by atoms with E-state index >= 15 is 0 Å². The van der Waals surface area contributed by atoms with Crippen LogP contribution in [0, 0.1) is 5.82 Å². The van der Waals surface area contributed by atoms with Gasteiger partial charge in [0, 0.05) is 24.5 Å². The molecule has 0 saturated carbocycles. The molecule has 1 N–H and O–H groups in total. The summed E-state index contributed by atoms with van der Waals surface area (Å²) in [5, 5.41) is 6.95. The third kappa shape index (κ3) is 3.57. The molecule has 0 fully saturated rings. The van der Waals surface area contributed by atoms with Crippen molar-refractivity contribution in [2.45, 2.75) is 6.54 Å². The number of anilines is 1. The van der Waals surface area contributed by atoms with E-state index in [0.29, 0.717) is 5.56 Å². The summed E-state index contributed by atoms with van der Waals surface area (Å²) in [4.78, 5) is 8.20. The number of nitrogens with one attached hydrogen (secondary N) is 1. The van der Waals surface area contributed by atoms with Crippen LogP contribution in [0.1, 0.15) is 5.56 Å². The number of halogens is 1. The van der Waals surface area contributed by atoms with Gasteiger partial charge in [-0.05, 0) is 29.8 Å². The molecule has 0 bridgehead atoms. The van der Waals surface area contributed by atoms with Crippen LogP contribution in [0.3, 0.4) is 0 Å². The number of hydrogen-bond donors (Lipinski definition) is 1. The quantitative estimate of drug-likeness (QED) is 0.758. The summed E-state index contributed by atoms with van der Waals surface area (Å²) in [6.07, 6.45) is 4.19. The largest absolute Gasteiger partial charge is 0.349 e. The Bertz CT molecular complexity index is 940. The van der Waals surface area contributed by atoms with Crippen LogP contribution in [0.15, 0.2) is 48.8 Å². The van der Waals surface area contributed by atoms with Gasteiger partial charge in [0.1, 0.15) is 5.82 Å². The first kappa shape index (κ1) is 16.1. The van der Waals surface area contributed by atoms with Gasteiger partial charge in [0.15, 0.2) is 5.82 Å². The zero-order valence-corrected chi connectivity index (χ0v) is 13.5. The zero-order valence-electron chi connectivity index (χ0n) is 12.7. The van der Waals surface area contributed by atoms with Crippen LogP contribution in [0.2, 0.25) is 0 Å². The third-order valence-electron chi connectivity index (χ3n) is 3.18. The standard InChI is InChI=1S/C15H14FN5O2S/c1-24(22,23)21-15(18-9-11-4-6-13(16)7-5-11)19-14(20-21)12-3-2-8-17-10-12/h2-8,10H,9H2,1H3,(H,18,19,20). The maximum atomic E-state index is 12.9. The Morgan fingerprint density at radius 3 is 2.58 bits per heavy atom. The van der Waals surface area contributed by atoms with Crippen molar-refractivity contribution in [1.29, 1.82) is 0 Å². The van der Waals surface area contributed by atoms with Gasteiger partial charge in [0.25, 0.3) is 10.0 Å². The summed E-state index contributed by atoms with van der Waals surface area (Å²) in [6.45, 7) is 0.279. The van der Waals surface area contributed by atoms with Crippen molar-refractivity contribution in [3.8, 4) is 11.4 Å². The topological polar surface area (TPSA) is 89.8 Å². The van der Waals surface area contributed by atoms with Crippen LogP contribution >= 0.6 is 0 Å². The fourth-order valence-corrected chi connectivity index (χ4v) is 2.68. The zero-order chi connectivity index (χ0) is 17.2. The number of aromatic nitrogens is 4. The van der Waals surface area contributed by atoms with Gasteiger partial charge in [-0.25, -0.2) is 12.8 Å². The molecular weight excluding hydrogens is 333 g/mol. The highest BCUT2D eigenvalue weighted by molar-refractivity contribution is 7.89. The summed E-state index contributed by atoms with van der Waals surface area (Å²) in [6, 6.07) is 9.32. The van der Waals surface area contributed by atoms with Crippen molar-refractivity contribution >= 4 is 16.0 Å². The molecule has 0 spiro atoms. The molecule has 2 aromatic heterocycles. The van der Waals surface area contributed by atoms with Crippen LogP contribution in [-0.4, -0.2) is 33.8 Å². The van der Waals surface area contributed by atoms with Gasteiger partial charge in [-0.1, -0.05) is 12.1 Å². The molecule has 24 heavy (non-hydrogen) atoms. The van der Waals surface area contributed by atoms with E-state index < -0.39 is 10.0 Å². The van der Waals surface area contributed by atoms with E-state index in [0.717, 1.165) is 15.9 Å². The molecule has 0 radical (unpaired) electrons. The molecule has 3 aromatic rings. The normalized spacial score (nSPS) is 11.4. The molecule has 0 aliphatic heterocycles. The minimum Gasteiger partial charge on any atom is -0.349 e. The van der Waals surface area contributed by atoms with Crippen LogP contribution in [0.25, 0.3) is 11.4 Å². The molecule has 1 aromatic carbocycles. The van der Waals surface area contributed by atoms with E-state index in [1.165, 1.54) is 12.1 Å².